The fourth-order valence-electron chi connectivity index (χ4n) is 2.83. The van der Waals surface area contributed by atoms with E-state index in [1.54, 1.807) is 13.4 Å². The summed E-state index contributed by atoms with van der Waals surface area (Å²) in [6.45, 7) is 9.36. The van der Waals surface area contributed by atoms with Gasteiger partial charge in [-0.1, -0.05) is 13.0 Å². The van der Waals surface area contributed by atoms with Gasteiger partial charge in [0.15, 0.2) is 0 Å². The predicted octanol–water partition coefficient (Wildman–Crippen LogP) is 4.30. The van der Waals surface area contributed by atoms with Gasteiger partial charge in [-0.15, -0.1) is 0 Å². The van der Waals surface area contributed by atoms with Gasteiger partial charge in [-0.3, -0.25) is 0 Å². The van der Waals surface area contributed by atoms with Crippen molar-refractivity contribution in [3.05, 3.63) is 52.5 Å². The molecular formula is C18H25NO2. The Morgan fingerprint density at radius 2 is 2.00 bits per heavy atom. The second kappa shape index (κ2) is 6.81. The lowest BCUT2D eigenvalue weighted by Gasteiger charge is -2.23. The molecule has 0 radical (unpaired) electrons. The van der Waals surface area contributed by atoms with Crippen LogP contribution in [0.4, 0.5) is 0 Å². The molecule has 0 saturated carbocycles. The maximum Gasteiger partial charge on any atom is 0.124 e. The highest BCUT2D eigenvalue weighted by Crippen LogP contribution is 2.35. The molecule has 1 heterocycles. The van der Waals surface area contributed by atoms with E-state index in [0.717, 1.165) is 24.5 Å². The maximum atomic E-state index is 5.64. The molecule has 1 aromatic carbocycles. The molecule has 0 aliphatic heterocycles. The van der Waals surface area contributed by atoms with Crippen molar-refractivity contribution in [2.75, 3.05) is 13.7 Å². The summed E-state index contributed by atoms with van der Waals surface area (Å²) in [6, 6.07) is 6.44. The number of ether oxygens (including phenoxy) is 1. The Morgan fingerprint density at radius 1 is 1.24 bits per heavy atom. The van der Waals surface area contributed by atoms with E-state index in [1.165, 1.54) is 22.3 Å². The molecule has 0 saturated heterocycles. The summed E-state index contributed by atoms with van der Waals surface area (Å²) >= 11 is 0. The highest BCUT2D eigenvalue weighted by molar-refractivity contribution is 5.49. The second-order valence-electron chi connectivity index (χ2n) is 5.52. The van der Waals surface area contributed by atoms with E-state index in [-0.39, 0.29) is 6.04 Å². The van der Waals surface area contributed by atoms with Crippen molar-refractivity contribution < 1.29 is 9.15 Å². The number of furan rings is 1. The van der Waals surface area contributed by atoms with E-state index >= 15 is 0 Å². The quantitative estimate of drug-likeness (QED) is 0.860. The highest BCUT2D eigenvalue weighted by atomic mass is 16.5. The monoisotopic (exact) mass is 287 g/mol. The third kappa shape index (κ3) is 3.30. The zero-order valence-electron chi connectivity index (χ0n) is 13.6. The average molecular weight is 287 g/mol. The molecule has 1 unspecified atom stereocenters. The molecule has 1 aromatic heterocycles. The van der Waals surface area contributed by atoms with Crippen LogP contribution in [0.2, 0.25) is 0 Å². The van der Waals surface area contributed by atoms with Gasteiger partial charge in [0.25, 0.3) is 0 Å². The summed E-state index contributed by atoms with van der Waals surface area (Å²) in [4.78, 5) is 0. The van der Waals surface area contributed by atoms with E-state index in [0.29, 0.717) is 0 Å². The highest BCUT2D eigenvalue weighted by Gasteiger charge is 2.23. The van der Waals surface area contributed by atoms with Crippen LogP contribution in [0, 0.1) is 20.8 Å². The molecule has 21 heavy (non-hydrogen) atoms. The zero-order valence-corrected chi connectivity index (χ0v) is 13.6. The summed E-state index contributed by atoms with van der Waals surface area (Å²) in [6.07, 6.45) is 2.84. The summed E-state index contributed by atoms with van der Waals surface area (Å²) in [5.41, 5.74) is 4.82. The molecule has 0 bridgehead atoms. The summed E-state index contributed by atoms with van der Waals surface area (Å²) in [5, 5.41) is 3.62. The molecule has 2 rings (SSSR count). The molecule has 1 atom stereocenters. The van der Waals surface area contributed by atoms with E-state index in [9.17, 15) is 0 Å². The van der Waals surface area contributed by atoms with Gasteiger partial charge >= 0.3 is 0 Å². The van der Waals surface area contributed by atoms with Crippen molar-refractivity contribution in [1.82, 2.24) is 5.32 Å². The Bertz CT molecular complexity index is 601. The molecule has 3 nitrogen and oxygen atoms in total. The first-order valence-electron chi connectivity index (χ1n) is 7.51. The van der Waals surface area contributed by atoms with Gasteiger partial charge < -0.3 is 14.5 Å². The van der Waals surface area contributed by atoms with Gasteiger partial charge in [0, 0.05) is 11.1 Å². The third-order valence-electron chi connectivity index (χ3n) is 3.81. The first kappa shape index (κ1) is 15.6. The number of methoxy groups -OCH3 is 1. The lowest BCUT2D eigenvalue weighted by Crippen LogP contribution is -2.24. The first-order valence-corrected chi connectivity index (χ1v) is 7.51. The predicted molar refractivity (Wildman–Crippen MR) is 86.0 cm³/mol. The number of hydrogen-bond acceptors (Lipinski definition) is 3. The number of hydrogen-bond donors (Lipinski definition) is 1. The topological polar surface area (TPSA) is 34.4 Å². The first-order chi connectivity index (χ1) is 10.1. The maximum absolute atomic E-state index is 5.64. The summed E-state index contributed by atoms with van der Waals surface area (Å²) in [7, 11) is 1.73. The van der Waals surface area contributed by atoms with Gasteiger partial charge in [0.2, 0.25) is 0 Å². The van der Waals surface area contributed by atoms with Crippen LogP contribution in [0.15, 0.2) is 28.9 Å². The standard InChI is InChI=1S/C18H25NO2/c1-6-8-19-18(15-7-9-21-14(15)4)17-13(3)10-12(2)11-16(17)20-5/h7,9-11,18-19H,6,8H2,1-5H3. The molecule has 0 fully saturated rings. The van der Waals surface area contributed by atoms with Crippen LogP contribution < -0.4 is 10.1 Å². The molecular weight excluding hydrogens is 262 g/mol. The molecule has 3 heteroatoms. The van der Waals surface area contributed by atoms with Gasteiger partial charge in [-0.05, 0) is 57.0 Å². The molecule has 1 N–H and O–H groups in total. The van der Waals surface area contributed by atoms with Gasteiger partial charge in [0.05, 0.1) is 19.4 Å². The SMILES string of the molecule is CCCNC(c1ccoc1C)c1c(C)cc(C)cc1OC. The Balaban J connectivity index is 2.54. The van der Waals surface area contributed by atoms with Crippen LogP contribution >= 0.6 is 0 Å². The van der Waals surface area contributed by atoms with Gasteiger partial charge in [0.1, 0.15) is 11.5 Å². The Labute approximate surface area is 127 Å². The molecule has 114 valence electrons. The van der Waals surface area contributed by atoms with Crippen LogP contribution in [0.25, 0.3) is 0 Å². The van der Waals surface area contributed by atoms with E-state index < -0.39 is 0 Å². The third-order valence-corrected chi connectivity index (χ3v) is 3.81. The number of benzene rings is 1. The summed E-state index contributed by atoms with van der Waals surface area (Å²) < 4.78 is 11.1. The Kier molecular flexibility index (Phi) is 5.07. The van der Waals surface area contributed by atoms with E-state index in [2.05, 4.69) is 38.2 Å². The number of rotatable bonds is 6. The van der Waals surface area contributed by atoms with Crippen LogP contribution in [0.1, 0.15) is 47.4 Å². The molecule has 2 aromatic rings. The minimum absolute atomic E-state index is 0.0965. The number of nitrogens with one attached hydrogen (secondary N) is 1. The van der Waals surface area contributed by atoms with Crippen molar-refractivity contribution in [2.24, 2.45) is 0 Å². The number of aryl methyl sites for hydroxylation is 3. The van der Waals surface area contributed by atoms with Gasteiger partial charge in [-0.25, -0.2) is 0 Å². The van der Waals surface area contributed by atoms with Crippen LogP contribution in [-0.4, -0.2) is 13.7 Å². The molecule has 0 amide bonds. The van der Waals surface area contributed by atoms with Crippen molar-refractivity contribution in [3.8, 4) is 5.75 Å². The smallest absolute Gasteiger partial charge is 0.124 e. The van der Waals surface area contributed by atoms with Crippen molar-refractivity contribution in [2.45, 2.75) is 40.2 Å². The van der Waals surface area contributed by atoms with E-state index in [4.69, 9.17) is 9.15 Å². The lowest BCUT2D eigenvalue weighted by molar-refractivity contribution is 0.402. The average Bonchev–Trinajstić information content (AvgIpc) is 2.86. The minimum Gasteiger partial charge on any atom is -0.496 e. The van der Waals surface area contributed by atoms with Crippen LogP contribution in [-0.2, 0) is 0 Å². The fraction of sp³-hybridized carbons (Fsp3) is 0.444. The van der Waals surface area contributed by atoms with E-state index in [1.807, 2.05) is 13.0 Å². The summed E-state index contributed by atoms with van der Waals surface area (Å²) in [5.74, 6) is 1.88. The molecule has 0 aliphatic rings. The van der Waals surface area contributed by atoms with Crippen LogP contribution in [0.5, 0.6) is 5.75 Å². The Morgan fingerprint density at radius 3 is 2.57 bits per heavy atom. The molecule has 0 spiro atoms. The molecule has 0 aliphatic carbocycles. The van der Waals surface area contributed by atoms with Gasteiger partial charge in [-0.2, -0.15) is 0 Å². The Hall–Kier alpha value is -1.74. The van der Waals surface area contributed by atoms with Crippen molar-refractivity contribution in [1.29, 1.82) is 0 Å². The largest absolute Gasteiger partial charge is 0.496 e. The van der Waals surface area contributed by atoms with Crippen LogP contribution in [0.3, 0.4) is 0 Å². The second-order valence-corrected chi connectivity index (χ2v) is 5.52. The fourth-order valence-corrected chi connectivity index (χ4v) is 2.83. The van der Waals surface area contributed by atoms with Crippen molar-refractivity contribution in [3.63, 3.8) is 0 Å². The lowest BCUT2D eigenvalue weighted by atomic mass is 9.93. The normalized spacial score (nSPS) is 12.4. The van der Waals surface area contributed by atoms with Crippen molar-refractivity contribution >= 4 is 0 Å². The zero-order chi connectivity index (χ0) is 15.4. The minimum atomic E-state index is 0.0965.